The van der Waals surface area contributed by atoms with E-state index in [4.69, 9.17) is 17.3 Å². The van der Waals surface area contributed by atoms with Crippen molar-refractivity contribution >= 4 is 17.3 Å². The van der Waals surface area contributed by atoms with E-state index in [1.165, 1.54) is 12.1 Å². The molecule has 0 aliphatic heterocycles. The first kappa shape index (κ1) is 13.8. The maximum absolute atomic E-state index is 13.2. The van der Waals surface area contributed by atoms with Crippen LogP contribution in [-0.4, -0.2) is 6.54 Å². The molecular formula is C14H13ClF2N2. The van der Waals surface area contributed by atoms with E-state index in [0.717, 1.165) is 11.8 Å². The largest absolute Gasteiger partial charge is 0.377 e. The van der Waals surface area contributed by atoms with Crippen LogP contribution >= 0.6 is 11.6 Å². The van der Waals surface area contributed by atoms with Gasteiger partial charge in [-0.25, -0.2) is 8.78 Å². The summed E-state index contributed by atoms with van der Waals surface area (Å²) in [5, 5.41) is 3.73. The van der Waals surface area contributed by atoms with Gasteiger partial charge in [0.15, 0.2) is 0 Å². The molecule has 3 N–H and O–H groups in total. The molecule has 2 aromatic rings. The van der Waals surface area contributed by atoms with Crippen LogP contribution in [-0.2, 0) is 0 Å². The molecule has 0 aromatic heterocycles. The number of benzene rings is 2. The molecule has 2 aromatic carbocycles. The van der Waals surface area contributed by atoms with E-state index in [2.05, 4.69) is 5.32 Å². The van der Waals surface area contributed by atoms with Crippen LogP contribution in [0.15, 0.2) is 42.5 Å². The zero-order chi connectivity index (χ0) is 13.8. The molecule has 0 radical (unpaired) electrons. The van der Waals surface area contributed by atoms with Gasteiger partial charge < -0.3 is 11.1 Å². The third-order valence-electron chi connectivity index (χ3n) is 2.71. The van der Waals surface area contributed by atoms with Crippen LogP contribution in [0.25, 0.3) is 0 Å². The van der Waals surface area contributed by atoms with Crippen molar-refractivity contribution in [1.29, 1.82) is 0 Å². The molecule has 0 bridgehead atoms. The van der Waals surface area contributed by atoms with Crippen molar-refractivity contribution in [2.75, 3.05) is 11.9 Å². The zero-order valence-electron chi connectivity index (χ0n) is 10.0. The van der Waals surface area contributed by atoms with Crippen molar-refractivity contribution in [3.05, 3.63) is 64.7 Å². The van der Waals surface area contributed by atoms with Gasteiger partial charge in [0.2, 0.25) is 0 Å². The number of hydrogen-bond donors (Lipinski definition) is 2. The Kier molecular flexibility index (Phi) is 4.35. The van der Waals surface area contributed by atoms with Gasteiger partial charge in [-0.3, -0.25) is 0 Å². The Labute approximate surface area is 115 Å². The van der Waals surface area contributed by atoms with Gasteiger partial charge in [0.25, 0.3) is 0 Å². The average Bonchev–Trinajstić information content (AvgIpc) is 2.37. The summed E-state index contributed by atoms with van der Waals surface area (Å²) in [5.41, 5.74) is 6.90. The minimum absolute atomic E-state index is 0.214. The number of anilines is 1. The maximum Gasteiger partial charge on any atom is 0.126 e. The van der Waals surface area contributed by atoms with Crippen LogP contribution in [0, 0.1) is 11.6 Å². The van der Waals surface area contributed by atoms with Crippen molar-refractivity contribution in [3.63, 3.8) is 0 Å². The van der Waals surface area contributed by atoms with E-state index in [1.54, 1.807) is 24.3 Å². The monoisotopic (exact) mass is 282 g/mol. The van der Waals surface area contributed by atoms with Crippen LogP contribution in [0.3, 0.4) is 0 Å². The van der Waals surface area contributed by atoms with Gasteiger partial charge in [-0.1, -0.05) is 11.6 Å². The molecule has 5 heteroatoms. The lowest BCUT2D eigenvalue weighted by atomic mass is 10.1. The third-order valence-corrected chi connectivity index (χ3v) is 2.96. The van der Waals surface area contributed by atoms with Crippen LogP contribution in [0.5, 0.6) is 0 Å². The van der Waals surface area contributed by atoms with Gasteiger partial charge >= 0.3 is 0 Å². The molecule has 0 spiro atoms. The smallest absolute Gasteiger partial charge is 0.126 e. The first-order valence-electron chi connectivity index (χ1n) is 5.76. The lowest BCUT2D eigenvalue weighted by molar-refractivity contribution is 0.576. The second-order valence-corrected chi connectivity index (χ2v) is 4.58. The summed E-state index contributed by atoms with van der Waals surface area (Å²) in [6.45, 7) is 0.214. The Morgan fingerprint density at radius 3 is 2.16 bits per heavy atom. The van der Waals surface area contributed by atoms with E-state index < -0.39 is 11.6 Å². The highest BCUT2D eigenvalue weighted by molar-refractivity contribution is 6.30. The number of nitrogens with two attached hydrogens (primary N) is 1. The highest BCUT2D eigenvalue weighted by Crippen LogP contribution is 2.22. The van der Waals surface area contributed by atoms with E-state index in [9.17, 15) is 8.78 Å². The molecule has 1 atom stereocenters. The highest BCUT2D eigenvalue weighted by Gasteiger charge is 2.12. The number of rotatable bonds is 4. The summed E-state index contributed by atoms with van der Waals surface area (Å²) in [5.74, 6) is -1.24. The molecule has 0 amide bonds. The third kappa shape index (κ3) is 3.66. The molecule has 0 heterocycles. The van der Waals surface area contributed by atoms with E-state index in [-0.39, 0.29) is 12.6 Å². The first-order valence-corrected chi connectivity index (χ1v) is 6.14. The molecule has 100 valence electrons. The second-order valence-electron chi connectivity index (χ2n) is 4.14. The summed E-state index contributed by atoms with van der Waals surface area (Å²) >= 11 is 5.79. The molecule has 0 aliphatic carbocycles. The van der Waals surface area contributed by atoms with Crippen LogP contribution in [0.1, 0.15) is 11.6 Å². The van der Waals surface area contributed by atoms with E-state index in [1.807, 2.05) is 0 Å². The Balaban J connectivity index is 2.22. The lowest BCUT2D eigenvalue weighted by Crippen LogP contribution is -2.20. The van der Waals surface area contributed by atoms with Crippen molar-refractivity contribution in [2.45, 2.75) is 6.04 Å². The standard InChI is InChI=1S/C14H13ClF2N2/c15-10-1-3-13(4-2-10)19-14(8-18)9-5-11(16)7-12(17)6-9/h1-7,14,19H,8,18H2. The van der Waals surface area contributed by atoms with Gasteiger partial charge in [-0.2, -0.15) is 0 Å². The topological polar surface area (TPSA) is 38.0 Å². The van der Waals surface area contributed by atoms with E-state index in [0.29, 0.717) is 10.6 Å². The predicted molar refractivity (Wildman–Crippen MR) is 73.2 cm³/mol. The van der Waals surface area contributed by atoms with Crippen molar-refractivity contribution in [2.24, 2.45) is 5.73 Å². The molecular weight excluding hydrogens is 270 g/mol. The predicted octanol–water partition coefficient (Wildman–Crippen LogP) is 3.73. The molecule has 2 nitrogen and oxygen atoms in total. The molecule has 0 fully saturated rings. The Morgan fingerprint density at radius 1 is 1.05 bits per heavy atom. The summed E-state index contributed by atoms with van der Waals surface area (Å²) < 4.78 is 26.4. The van der Waals surface area contributed by atoms with Gasteiger partial charge in [0, 0.05) is 23.3 Å². The van der Waals surface area contributed by atoms with Crippen molar-refractivity contribution in [1.82, 2.24) is 0 Å². The summed E-state index contributed by atoms with van der Waals surface area (Å²) in [7, 11) is 0. The molecule has 0 saturated carbocycles. The summed E-state index contributed by atoms with van der Waals surface area (Å²) in [6, 6.07) is 10.0. The average molecular weight is 283 g/mol. The van der Waals surface area contributed by atoms with Crippen LogP contribution in [0.2, 0.25) is 5.02 Å². The number of nitrogens with one attached hydrogen (secondary N) is 1. The molecule has 19 heavy (non-hydrogen) atoms. The minimum Gasteiger partial charge on any atom is -0.377 e. The molecule has 0 aliphatic rings. The van der Waals surface area contributed by atoms with Gasteiger partial charge in [0.1, 0.15) is 11.6 Å². The fraction of sp³-hybridized carbons (Fsp3) is 0.143. The summed E-state index contributed by atoms with van der Waals surface area (Å²) in [4.78, 5) is 0. The fourth-order valence-electron chi connectivity index (χ4n) is 1.80. The normalized spacial score (nSPS) is 12.2. The Bertz CT molecular complexity index is 538. The number of hydrogen-bond acceptors (Lipinski definition) is 2. The SMILES string of the molecule is NCC(Nc1ccc(Cl)cc1)c1cc(F)cc(F)c1. The first-order chi connectivity index (χ1) is 9.08. The molecule has 0 saturated heterocycles. The highest BCUT2D eigenvalue weighted by atomic mass is 35.5. The quantitative estimate of drug-likeness (QED) is 0.897. The van der Waals surface area contributed by atoms with Crippen molar-refractivity contribution < 1.29 is 8.78 Å². The van der Waals surface area contributed by atoms with Crippen molar-refractivity contribution in [3.8, 4) is 0 Å². The molecule has 1 unspecified atom stereocenters. The van der Waals surface area contributed by atoms with Gasteiger partial charge in [0.05, 0.1) is 6.04 Å². The van der Waals surface area contributed by atoms with E-state index >= 15 is 0 Å². The van der Waals surface area contributed by atoms with Crippen LogP contribution < -0.4 is 11.1 Å². The Hall–Kier alpha value is -1.65. The summed E-state index contributed by atoms with van der Waals surface area (Å²) in [6.07, 6.45) is 0. The number of halogens is 3. The maximum atomic E-state index is 13.2. The zero-order valence-corrected chi connectivity index (χ0v) is 10.8. The Morgan fingerprint density at radius 2 is 1.63 bits per heavy atom. The fourth-order valence-corrected chi connectivity index (χ4v) is 1.93. The molecule has 2 rings (SSSR count). The van der Waals surface area contributed by atoms with Gasteiger partial charge in [-0.05, 0) is 42.0 Å². The van der Waals surface area contributed by atoms with Crippen LogP contribution in [0.4, 0.5) is 14.5 Å². The minimum atomic E-state index is -0.619. The lowest BCUT2D eigenvalue weighted by Gasteiger charge is -2.19. The second kappa shape index (κ2) is 5.99. The van der Waals surface area contributed by atoms with Gasteiger partial charge in [-0.15, -0.1) is 0 Å².